The van der Waals surface area contributed by atoms with Gasteiger partial charge in [-0.15, -0.1) is 0 Å². The molecule has 0 saturated heterocycles. The zero-order chi connectivity index (χ0) is 20.5. The number of carbonyl (C=O) groups excluding carboxylic acids is 1. The van der Waals surface area contributed by atoms with Crippen LogP contribution in [0.4, 0.5) is 0 Å². The molecule has 1 aromatic heterocycles. The van der Waals surface area contributed by atoms with Gasteiger partial charge < -0.3 is 10.1 Å². The molecule has 1 heterocycles. The van der Waals surface area contributed by atoms with Crippen molar-refractivity contribution in [1.82, 2.24) is 15.4 Å². The van der Waals surface area contributed by atoms with Gasteiger partial charge in [0.25, 0.3) is 5.91 Å². The number of H-pyrrole nitrogens is 1. The van der Waals surface area contributed by atoms with E-state index < -0.39 is 5.91 Å². The lowest BCUT2D eigenvalue weighted by Crippen LogP contribution is -2.27. The molecule has 3 rings (SSSR count). The first-order chi connectivity index (χ1) is 14.2. The number of benzene rings is 2. The van der Waals surface area contributed by atoms with Gasteiger partial charge in [0.15, 0.2) is 0 Å². The Morgan fingerprint density at radius 1 is 1.10 bits per heavy atom. The van der Waals surface area contributed by atoms with E-state index in [-0.39, 0.29) is 6.61 Å². The molecule has 6 heteroatoms. The molecule has 4 N–H and O–H groups in total. The lowest BCUT2D eigenvalue weighted by molar-refractivity contribution is -0.124. The Morgan fingerprint density at radius 2 is 1.90 bits per heavy atom. The molecule has 1 amide bonds. The Hall–Kier alpha value is -2.93. The summed E-state index contributed by atoms with van der Waals surface area (Å²) in [6.07, 6.45) is 6.69. The topological polar surface area (TPSA) is 88.6 Å². The van der Waals surface area contributed by atoms with Crippen molar-refractivity contribution in [2.45, 2.75) is 19.4 Å². The van der Waals surface area contributed by atoms with Gasteiger partial charge in [0.2, 0.25) is 0 Å². The highest BCUT2D eigenvalue weighted by molar-refractivity contribution is 5.90. The smallest absolute Gasteiger partial charge is 0.267 e. The Kier molecular flexibility index (Phi) is 7.58. The van der Waals surface area contributed by atoms with Gasteiger partial charge in [-0.1, -0.05) is 42.5 Å². The second kappa shape index (κ2) is 10.6. The van der Waals surface area contributed by atoms with Crippen LogP contribution in [0.2, 0.25) is 0 Å². The van der Waals surface area contributed by atoms with Crippen molar-refractivity contribution in [3.05, 3.63) is 77.5 Å². The van der Waals surface area contributed by atoms with Gasteiger partial charge in [0.05, 0.1) is 0 Å². The minimum atomic E-state index is -0.554. The van der Waals surface area contributed by atoms with Crippen LogP contribution in [0.15, 0.2) is 60.8 Å². The number of amides is 1. The molecule has 0 atom stereocenters. The molecule has 0 unspecified atom stereocenters. The monoisotopic (exact) mass is 393 g/mol. The van der Waals surface area contributed by atoms with Crippen LogP contribution in [0, 0.1) is 0 Å². The highest BCUT2D eigenvalue weighted by Crippen LogP contribution is 2.19. The minimum Gasteiger partial charge on any atom is -0.396 e. The molecular weight excluding hydrogens is 366 g/mol. The largest absolute Gasteiger partial charge is 0.396 e. The molecular formula is C23H27N3O3. The number of carbonyl (C=O) groups is 1. The second-order valence-corrected chi connectivity index (χ2v) is 7.01. The summed E-state index contributed by atoms with van der Waals surface area (Å²) in [6, 6.07) is 16.3. The van der Waals surface area contributed by atoms with Crippen LogP contribution in [0.5, 0.6) is 0 Å². The van der Waals surface area contributed by atoms with Crippen LogP contribution in [0.1, 0.15) is 23.1 Å². The lowest BCUT2D eigenvalue weighted by atomic mass is 10.1. The summed E-state index contributed by atoms with van der Waals surface area (Å²) in [5, 5.41) is 19.0. The summed E-state index contributed by atoms with van der Waals surface area (Å²) in [5.74, 6) is -0.554. The van der Waals surface area contributed by atoms with E-state index in [1.165, 1.54) is 22.6 Å². The molecule has 0 spiro atoms. The van der Waals surface area contributed by atoms with Crippen LogP contribution in [-0.4, -0.2) is 45.8 Å². The van der Waals surface area contributed by atoms with Gasteiger partial charge in [-0.25, -0.2) is 5.48 Å². The number of aliphatic hydroxyl groups excluding tert-OH is 1. The summed E-state index contributed by atoms with van der Waals surface area (Å²) in [4.78, 5) is 16.7. The molecule has 152 valence electrons. The summed E-state index contributed by atoms with van der Waals surface area (Å²) >= 11 is 0. The fourth-order valence-electron chi connectivity index (χ4n) is 3.38. The number of aromatic nitrogens is 1. The van der Waals surface area contributed by atoms with Gasteiger partial charge >= 0.3 is 0 Å². The maximum absolute atomic E-state index is 11.1. The van der Waals surface area contributed by atoms with E-state index in [4.69, 9.17) is 5.21 Å². The maximum atomic E-state index is 11.1. The van der Waals surface area contributed by atoms with E-state index in [2.05, 4.69) is 34.3 Å². The van der Waals surface area contributed by atoms with E-state index in [1.807, 2.05) is 30.3 Å². The van der Waals surface area contributed by atoms with E-state index in [0.717, 1.165) is 43.6 Å². The molecule has 29 heavy (non-hydrogen) atoms. The van der Waals surface area contributed by atoms with Gasteiger partial charge in [0, 0.05) is 49.4 Å². The van der Waals surface area contributed by atoms with Crippen molar-refractivity contribution in [2.24, 2.45) is 0 Å². The van der Waals surface area contributed by atoms with Crippen LogP contribution in [-0.2, 0) is 17.8 Å². The zero-order valence-electron chi connectivity index (χ0n) is 16.3. The summed E-state index contributed by atoms with van der Waals surface area (Å²) in [5.41, 5.74) is 6.09. The van der Waals surface area contributed by atoms with Crippen molar-refractivity contribution in [1.29, 1.82) is 0 Å². The fourth-order valence-corrected chi connectivity index (χ4v) is 3.38. The number of hydrogen-bond acceptors (Lipinski definition) is 4. The number of nitrogens with one attached hydrogen (secondary N) is 2. The molecule has 0 bridgehead atoms. The van der Waals surface area contributed by atoms with Crippen LogP contribution >= 0.6 is 0 Å². The first-order valence-electron chi connectivity index (χ1n) is 9.79. The first kappa shape index (κ1) is 20.8. The first-order valence-corrected chi connectivity index (χ1v) is 9.79. The van der Waals surface area contributed by atoms with Crippen LogP contribution in [0.25, 0.3) is 17.0 Å². The number of nitrogens with zero attached hydrogens (tertiary/aromatic N) is 1. The quantitative estimate of drug-likeness (QED) is 0.242. The third-order valence-electron chi connectivity index (χ3n) is 4.93. The van der Waals surface area contributed by atoms with Gasteiger partial charge in [-0.3, -0.25) is 14.9 Å². The summed E-state index contributed by atoms with van der Waals surface area (Å²) in [6.45, 7) is 2.71. The van der Waals surface area contributed by atoms with E-state index in [0.29, 0.717) is 0 Å². The Labute approximate surface area is 170 Å². The number of aliphatic hydroxyl groups is 1. The van der Waals surface area contributed by atoms with Gasteiger partial charge in [-0.2, -0.15) is 0 Å². The highest BCUT2D eigenvalue weighted by Gasteiger charge is 2.09. The van der Waals surface area contributed by atoms with Crippen molar-refractivity contribution in [2.75, 3.05) is 19.7 Å². The molecule has 6 nitrogen and oxygen atoms in total. The van der Waals surface area contributed by atoms with Crippen molar-refractivity contribution >= 4 is 22.9 Å². The molecule has 3 aromatic rings. The number of hydroxylamine groups is 1. The molecule has 0 saturated carbocycles. The molecule has 0 aliphatic carbocycles. The average molecular weight is 393 g/mol. The third-order valence-corrected chi connectivity index (χ3v) is 4.93. The Bertz CT molecular complexity index is 947. The maximum Gasteiger partial charge on any atom is 0.267 e. The Balaban J connectivity index is 1.62. The summed E-state index contributed by atoms with van der Waals surface area (Å²) < 4.78 is 0. The molecule has 0 aliphatic heterocycles. The second-order valence-electron chi connectivity index (χ2n) is 7.01. The standard InChI is InChI=1S/C23H27N3O3/c27-15-3-13-26(14-12-20-16-24-22-5-2-1-4-21(20)22)17-19-8-6-18(7-9-19)10-11-23(28)25-29/h1-2,4-11,16,24,27,29H,3,12-15,17H2,(H,25,28)/b11-10+. The van der Waals surface area contributed by atoms with Crippen molar-refractivity contribution in [3.8, 4) is 0 Å². The predicted octanol–water partition coefficient (Wildman–Crippen LogP) is 3.11. The molecule has 0 fully saturated rings. The van der Waals surface area contributed by atoms with Crippen molar-refractivity contribution in [3.63, 3.8) is 0 Å². The van der Waals surface area contributed by atoms with E-state index >= 15 is 0 Å². The number of hydrogen-bond donors (Lipinski definition) is 4. The Morgan fingerprint density at radius 3 is 2.66 bits per heavy atom. The number of para-hydroxylation sites is 1. The zero-order valence-corrected chi connectivity index (χ0v) is 16.3. The molecule has 0 aliphatic rings. The van der Waals surface area contributed by atoms with Gasteiger partial charge in [-0.05, 0) is 41.7 Å². The molecule has 2 aromatic carbocycles. The predicted molar refractivity (Wildman–Crippen MR) is 114 cm³/mol. The number of rotatable bonds is 10. The highest BCUT2D eigenvalue weighted by atomic mass is 16.5. The minimum absolute atomic E-state index is 0.181. The lowest BCUT2D eigenvalue weighted by Gasteiger charge is -2.22. The normalized spacial score (nSPS) is 11.6. The van der Waals surface area contributed by atoms with Crippen LogP contribution in [0.3, 0.4) is 0 Å². The van der Waals surface area contributed by atoms with Crippen molar-refractivity contribution < 1.29 is 15.1 Å². The average Bonchev–Trinajstić information content (AvgIpc) is 3.18. The van der Waals surface area contributed by atoms with Crippen LogP contribution < -0.4 is 5.48 Å². The van der Waals surface area contributed by atoms with Gasteiger partial charge in [0.1, 0.15) is 0 Å². The third kappa shape index (κ3) is 6.02. The number of aromatic amines is 1. The SMILES string of the molecule is O=C(/C=C/c1ccc(CN(CCCO)CCc2c[nH]c3ccccc23)cc1)NO. The van der Waals surface area contributed by atoms with E-state index in [9.17, 15) is 9.90 Å². The van der Waals surface area contributed by atoms with E-state index in [1.54, 1.807) is 11.6 Å². The molecule has 0 radical (unpaired) electrons. The fraction of sp³-hybridized carbons (Fsp3) is 0.261. The number of fused-ring (bicyclic) bond motifs is 1. The summed E-state index contributed by atoms with van der Waals surface area (Å²) in [7, 11) is 0.